The van der Waals surface area contributed by atoms with Crippen LogP contribution in [0.1, 0.15) is 64.2 Å². The van der Waals surface area contributed by atoms with Crippen molar-refractivity contribution in [1.29, 1.82) is 0 Å². The van der Waals surface area contributed by atoms with Crippen molar-refractivity contribution in [2.45, 2.75) is 64.2 Å². The van der Waals surface area contributed by atoms with E-state index in [2.05, 4.69) is 45.2 Å². The molecule has 0 unspecified atom stereocenters. The number of hydrogen-bond acceptors (Lipinski definition) is 4. The van der Waals surface area contributed by atoms with Gasteiger partial charge in [0.05, 0.1) is 13.2 Å². The Hall–Kier alpha value is 0.400. The minimum atomic E-state index is -0.0685. The van der Waals surface area contributed by atoms with Crippen LogP contribution in [0.25, 0.3) is 0 Å². The number of halogens is 2. The summed E-state index contributed by atoms with van der Waals surface area (Å²) in [7, 11) is 0. The second kappa shape index (κ2) is 17.7. The standard InChI is InChI=1S/C16H28I2O4/c17-11-7-9-15(19)21-13-5-3-1-2-4-6-14-22-16(20)10-8-12-18/h1-14H2. The van der Waals surface area contributed by atoms with Crippen LogP contribution in [0.4, 0.5) is 0 Å². The summed E-state index contributed by atoms with van der Waals surface area (Å²) < 4.78 is 12.3. The van der Waals surface area contributed by atoms with Crippen molar-refractivity contribution in [2.75, 3.05) is 22.1 Å². The first-order valence-corrected chi connectivity index (χ1v) is 11.2. The normalized spacial score (nSPS) is 10.5. The molecule has 4 nitrogen and oxygen atoms in total. The molecule has 0 aromatic carbocycles. The molecule has 0 aliphatic carbocycles. The molecule has 130 valence electrons. The van der Waals surface area contributed by atoms with Crippen molar-refractivity contribution in [2.24, 2.45) is 0 Å². The molecule has 0 aliphatic rings. The fourth-order valence-electron chi connectivity index (χ4n) is 1.85. The SMILES string of the molecule is O=C(CCCI)OCCCCCCCCOC(=O)CCCI. The number of alkyl halides is 2. The van der Waals surface area contributed by atoms with Crippen molar-refractivity contribution >= 4 is 57.1 Å². The smallest absolute Gasteiger partial charge is 0.305 e. The van der Waals surface area contributed by atoms with Crippen LogP contribution in [0.3, 0.4) is 0 Å². The van der Waals surface area contributed by atoms with Crippen molar-refractivity contribution in [3.8, 4) is 0 Å². The van der Waals surface area contributed by atoms with Crippen LogP contribution < -0.4 is 0 Å². The average Bonchev–Trinajstić information content (AvgIpc) is 2.52. The zero-order chi connectivity index (χ0) is 16.5. The highest BCUT2D eigenvalue weighted by Gasteiger charge is 2.02. The van der Waals surface area contributed by atoms with E-state index >= 15 is 0 Å². The maximum Gasteiger partial charge on any atom is 0.305 e. The topological polar surface area (TPSA) is 52.6 Å². The van der Waals surface area contributed by atoms with E-state index < -0.39 is 0 Å². The van der Waals surface area contributed by atoms with Crippen LogP contribution in [0.2, 0.25) is 0 Å². The zero-order valence-electron chi connectivity index (χ0n) is 13.3. The number of carbonyl (C=O) groups excluding carboxylic acids is 2. The zero-order valence-corrected chi connectivity index (χ0v) is 17.6. The van der Waals surface area contributed by atoms with Gasteiger partial charge in [-0.2, -0.15) is 0 Å². The summed E-state index contributed by atoms with van der Waals surface area (Å²) in [5.74, 6) is -0.137. The molecule has 0 radical (unpaired) electrons. The Morgan fingerprint density at radius 1 is 0.591 bits per heavy atom. The molecule has 0 saturated carbocycles. The molecule has 0 aliphatic heterocycles. The predicted octanol–water partition coefficient (Wildman–Crippen LogP) is 4.84. The second-order valence-electron chi connectivity index (χ2n) is 5.15. The molecule has 0 atom stereocenters. The van der Waals surface area contributed by atoms with Crippen molar-refractivity contribution in [3.63, 3.8) is 0 Å². The lowest BCUT2D eigenvalue weighted by Gasteiger charge is -2.05. The Kier molecular flexibility index (Phi) is 18.1. The molecule has 0 rings (SSSR count). The summed E-state index contributed by atoms with van der Waals surface area (Å²) in [6, 6.07) is 0. The van der Waals surface area contributed by atoms with Crippen molar-refractivity contribution in [1.82, 2.24) is 0 Å². The van der Waals surface area contributed by atoms with E-state index in [0.717, 1.165) is 60.2 Å². The van der Waals surface area contributed by atoms with Crippen molar-refractivity contribution in [3.05, 3.63) is 0 Å². The van der Waals surface area contributed by atoms with Crippen molar-refractivity contribution < 1.29 is 19.1 Å². The minimum absolute atomic E-state index is 0.0685. The third-order valence-corrected chi connectivity index (χ3v) is 4.62. The minimum Gasteiger partial charge on any atom is -0.466 e. The molecule has 22 heavy (non-hydrogen) atoms. The fraction of sp³-hybridized carbons (Fsp3) is 0.875. The summed E-state index contributed by atoms with van der Waals surface area (Å²) in [4.78, 5) is 22.5. The molecular weight excluding hydrogens is 510 g/mol. The Labute approximate surface area is 161 Å². The Morgan fingerprint density at radius 3 is 1.32 bits per heavy atom. The van der Waals surface area contributed by atoms with Gasteiger partial charge in [0.1, 0.15) is 0 Å². The third kappa shape index (κ3) is 16.8. The summed E-state index contributed by atoms with van der Waals surface area (Å²) in [6.07, 6.45) is 9.26. The van der Waals surface area contributed by atoms with Crippen LogP contribution in [0, 0.1) is 0 Å². The van der Waals surface area contributed by atoms with E-state index in [-0.39, 0.29) is 11.9 Å². The molecule has 0 heterocycles. The van der Waals surface area contributed by atoms with Gasteiger partial charge < -0.3 is 9.47 Å². The first kappa shape index (κ1) is 22.4. The summed E-state index contributed by atoms with van der Waals surface area (Å²) in [5, 5.41) is 0. The van der Waals surface area contributed by atoms with Gasteiger partial charge in [-0.3, -0.25) is 9.59 Å². The maximum atomic E-state index is 11.3. The van der Waals surface area contributed by atoms with E-state index in [9.17, 15) is 9.59 Å². The molecule has 6 heteroatoms. The van der Waals surface area contributed by atoms with Gasteiger partial charge in [0.15, 0.2) is 0 Å². The van der Waals surface area contributed by atoms with Gasteiger partial charge in [-0.05, 0) is 25.7 Å². The molecule has 0 N–H and O–H groups in total. The monoisotopic (exact) mass is 538 g/mol. The van der Waals surface area contributed by atoms with Gasteiger partial charge in [0.25, 0.3) is 0 Å². The van der Waals surface area contributed by atoms with Gasteiger partial charge in [-0.1, -0.05) is 70.9 Å². The predicted molar refractivity (Wildman–Crippen MR) is 106 cm³/mol. The first-order valence-electron chi connectivity index (χ1n) is 8.14. The molecule has 0 amide bonds. The molecule has 0 aromatic heterocycles. The number of unbranched alkanes of at least 4 members (excludes halogenated alkanes) is 5. The van der Waals surface area contributed by atoms with Gasteiger partial charge >= 0.3 is 11.9 Å². The summed E-state index contributed by atoms with van der Waals surface area (Å²) >= 11 is 4.53. The Morgan fingerprint density at radius 2 is 0.955 bits per heavy atom. The molecule has 0 fully saturated rings. The maximum absolute atomic E-state index is 11.3. The lowest BCUT2D eigenvalue weighted by molar-refractivity contribution is -0.144. The number of ether oxygens (including phenoxy) is 2. The van der Waals surface area contributed by atoms with Gasteiger partial charge in [0, 0.05) is 21.7 Å². The molecular formula is C16H28I2O4. The highest BCUT2D eigenvalue weighted by atomic mass is 127. The lowest BCUT2D eigenvalue weighted by atomic mass is 10.1. The summed E-state index contributed by atoms with van der Waals surface area (Å²) in [5.41, 5.74) is 0. The molecule has 0 bridgehead atoms. The third-order valence-electron chi connectivity index (χ3n) is 3.09. The van der Waals surface area contributed by atoms with Crippen LogP contribution >= 0.6 is 45.2 Å². The van der Waals surface area contributed by atoms with E-state index in [1.165, 1.54) is 0 Å². The van der Waals surface area contributed by atoms with Gasteiger partial charge in [-0.15, -0.1) is 0 Å². The van der Waals surface area contributed by atoms with Gasteiger partial charge in [0.2, 0.25) is 0 Å². The van der Waals surface area contributed by atoms with E-state index in [1.54, 1.807) is 0 Å². The first-order chi connectivity index (χ1) is 10.7. The number of rotatable bonds is 15. The van der Waals surface area contributed by atoms with E-state index in [0.29, 0.717) is 26.1 Å². The number of esters is 2. The average molecular weight is 538 g/mol. The molecule has 0 aromatic rings. The molecule has 0 spiro atoms. The van der Waals surface area contributed by atoms with E-state index in [4.69, 9.17) is 9.47 Å². The van der Waals surface area contributed by atoms with Crippen LogP contribution in [-0.2, 0) is 19.1 Å². The van der Waals surface area contributed by atoms with E-state index in [1.807, 2.05) is 0 Å². The summed E-state index contributed by atoms with van der Waals surface area (Å²) in [6.45, 7) is 1.10. The van der Waals surface area contributed by atoms with Gasteiger partial charge in [-0.25, -0.2) is 0 Å². The van der Waals surface area contributed by atoms with Crippen LogP contribution in [0.5, 0.6) is 0 Å². The van der Waals surface area contributed by atoms with Crippen LogP contribution in [0.15, 0.2) is 0 Å². The number of hydrogen-bond donors (Lipinski definition) is 0. The quantitative estimate of drug-likeness (QED) is 0.130. The fourth-order valence-corrected chi connectivity index (χ4v) is 2.61. The highest BCUT2D eigenvalue weighted by Crippen LogP contribution is 2.07. The Balaban J connectivity index is 3.17. The lowest BCUT2D eigenvalue weighted by Crippen LogP contribution is -2.06. The second-order valence-corrected chi connectivity index (χ2v) is 7.30. The molecule has 0 saturated heterocycles. The highest BCUT2D eigenvalue weighted by molar-refractivity contribution is 14.1. The number of carbonyl (C=O) groups is 2. The van der Waals surface area contributed by atoms with Crippen LogP contribution in [-0.4, -0.2) is 34.0 Å². The largest absolute Gasteiger partial charge is 0.466 e. The Bertz CT molecular complexity index is 257.